The highest BCUT2D eigenvalue weighted by Crippen LogP contribution is 2.24. The van der Waals surface area contributed by atoms with Gasteiger partial charge in [-0.3, -0.25) is 14.2 Å². The van der Waals surface area contributed by atoms with E-state index in [0.717, 1.165) is 22.1 Å². The Labute approximate surface area is 157 Å². The van der Waals surface area contributed by atoms with Gasteiger partial charge in [0.05, 0.1) is 6.33 Å². The molecule has 2 heterocycles. The quantitative estimate of drug-likeness (QED) is 0.543. The van der Waals surface area contributed by atoms with E-state index in [9.17, 15) is 18.4 Å². The van der Waals surface area contributed by atoms with Crippen LogP contribution in [0.3, 0.4) is 0 Å². The normalized spacial score (nSPS) is 11.2. The highest BCUT2D eigenvalue weighted by atomic mass is 19.1. The lowest BCUT2D eigenvalue weighted by Gasteiger charge is -2.18. The monoisotopic (exact) mass is 383 g/mol. The van der Waals surface area contributed by atoms with E-state index in [1.54, 1.807) is 18.2 Å². The van der Waals surface area contributed by atoms with Gasteiger partial charge in [0, 0.05) is 30.6 Å². The number of furan rings is 1. The summed E-state index contributed by atoms with van der Waals surface area (Å²) in [5.74, 6) is -1.85. The van der Waals surface area contributed by atoms with E-state index in [-0.39, 0.29) is 24.2 Å². The third-order valence-electron chi connectivity index (χ3n) is 4.50. The molecule has 0 aliphatic carbocycles. The zero-order valence-electron chi connectivity index (χ0n) is 14.9. The van der Waals surface area contributed by atoms with Crippen LogP contribution in [0.15, 0.2) is 58.0 Å². The SMILES string of the molecule is CN(Cc1ccc(F)cc1F)C(=O)Cn1cnc2c(oc3ccccc32)c1=O. The predicted octanol–water partition coefficient (Wildman–Crippen LogP) is 3.08. The Morgan fingerprint density at radius 1 is 1.21 bits per heavy atom. The van der Waals surface area contributed by atoms with Gasteiger partial charge >= 0.3 is 0 Å². The van der Waals surface area contributed by atoms with E-state index in [1.807, 2.05) is 6.07 Å². The Bertz CT molecular complexity index is 1260. The number of fused-ring (bicyclic) bond motifs is 3. The number of carbonyl (C=O) groups excluding carboxylic acids is 1. The van der Waals surface area contributed by atoms with Crippen molar-refractivity contribution < 1.29 is 18.0 Å². The van der Waals surface area contributed by atoms with Crippen molar-refractivity contribution in [2.75, 3.05) is 7.05 Å². The highest BCUT2D eigenvalue weighted by Gasteiger charge is 2.17. The molecule has 0 aliphatic rings. The number of benzene rings is 2. The largest absolute Gasteiger partial charge is 0.448 e. The first-order valence-corrected chi connectivity index (χ1v) is 8.48. The third-order valence-corrected chi connectivity index (χ3v) is 4.50. The maximum atomic E-state index is 13.8. The molecule has 0 unspecified atom stereocenters. The number of carbonyl (C=O) groups is 1. The summed E-state index contributed by atoms with van der Waals surface area (Å²) in [5.41, 5.74) is 0.746. The van der Waals surface area contributed by atoms with E-state index >= 15 is 0 Å². The summed E-state index contributed by atoms with van der Waals surface area (Å²) in [6.45, 7) is -0.335. The van der Waals surface area contributed by atoms with Gasteiger partial charge in [-0.15, -0.1) is 0 Å². The number of nitrogens with zero attached hydrogens (tertiary/aromatic N) is 3. The van der Waals surface area contributed by atoms with Crippen molar-refractivity contribution in [2.24, 2.45) is 0 Å². The minimum absolute atomic E-state index is 0.0555. The van der Waals surface area contributed by atoms with Gasteiger partial charge in [0.2, 0.25) is 11.5 Å². The molecule has 4 rings (SSSR count). The maximum absolute atomic E-state index is 13.8. The molecule has 0 atom stereocenters. The molecule has 0 fully saturated rings. The summed E-state index contributed by atoms with van der Waals surface area (Å²) in [5, 5.41) is 0.719. The number of para-hydroxylation sites is 1. The van der Waals surface area contributed by atoms with Crippen LogP contribution in [0.4, 0.5) is 8.78 Å². The molecule has 0 N–H and O–H groups in total. The molecule has 0 aliphatic heterocycles. The summed E-state index contributed by atoms with van der Waals surface area (Å²) in [6, 6.07) is 10.3. The van der Waals surface area contributed by atoms with E-state index < -0.39 is 23.1 Å². The van der Waals surface area contributed by atoms with E-state index in [1.165, 1.54) is 24.3 Å². The smallest absolute Gasteiger partial charge is 0.297 e. The lowest BCUT2D eigenvalue weighted by molar-refractivity contribution is -0.131. The molecule has 4 aromatic rings. The average molecular weight is 383 g/mol. The predicted molar refractivity (Wildman–Crippen MR) is 98.6 cm³/mol. The molecular weight excluding hydrogens is 368 g/mol. The lowest BCUT2D eigenvalue weighted by Crippen LogP contribution is -2.33. The fourth-order valence-corrected chi connectivity index (χ4v) is 2.99. The van der Waals surface area contributed by atoms with Crippen LogP contribution in [-0.4, -0.2) is 27.4 Å². The molecule has 0 bridgehead atoms. The van der Waals surface area contributed by atoms with Gasteiger partial charge in [0.15, 0.2) is 0 Å². The van der Waals surface area contributed by atoms with Crippen LogP contribution in [0.1, 0.15) is 5.56 Å². The Kier molecular flexibility index (Phi) is 4.38. The van der Waals surface area contributed by atoms with Crippen LogP contribution in [0.2, 0.25) is 0 Å². The summed E-state index contributed by atoms with van der Waals surface area (Å²) < 4.78 is 33.5. The molecule has 2 aromatic carbocycles. The van der Waals surface area contributed by atoms with Crippen molar-refractivity contribution in [1.82, 2.24) is 14.5 Å². The van der Waals surface area contributed by atoms with Gasteiger partial charge < -0.3 is 9.32 Å². The van der Waals surface area contributed by atoms with Crippen LogP contribution in [0, 0.1) is 11.6 Å². The molecule has 142 valence electrons. The molecule has 0 spiro atoms. The summed E-state index contributed by atoms with van der Waals surface area (Å²) in [6.07, 6.45) is 1.29. The number of rotatable bonds is 4. The van der Waals surface area contributed by atoms with Crippen LogP contribution in [0.5, 0.6) is 0 Å². The number of hydrogen-bond donors (Lipinski definition) is 0. The van der Waals surface area contributed by atoms with Crippen molar-refractivity contribution in [3.05, 3.63) is 76.3 Å². The maximum Gasteiger partial charge on any atom is 0.297 e. The standard InChI is InChI=1S/C20H15F2N3O3/c1-24(9-12-6-7-13(21)8-15(12)22)17(26)10-25-11-23-18-14-4-2-3-5-16(14)28-19(18)20(25)27/h2-8,11H,9-10H2,1H3. The van der Waals surface area contributed by atoms with Crippen LogP contribution >= 0.6 is 0 Å². The minimum Gasteiger partial charge on any atom is -0.448 e. The first-order valence-electron chi connectivity index (χ1n) is 8.48. The fourth-order valence-electron chi connectivity index (χ4n) is 2.99. The fraction of sp³-hybridized carbons (Fsp3) is 0.150. The number of hydrogen-bond acceptors (Lipinski definition) is 4. The van der Waals surface area contributed by atoms with Gasteiger partial charge in [-0.1, -0.05) is 18.2 Å². The first kappa shape index (κ1) is 17.8. The Balaban J connectivity index is 1.58. The topological polar surface area (TPSA) is 68.3 Å². The van der Waals surface area contributed by atoms with Gasteiger partial charge in [0.25, 0.3) is 5.56 Å². The second kappa shape index (κ2) is 6.88. The molecule has 0 saturated heterocycles. The zero-order valence-corrected chi connectivity index (χ0v) is 14.9. The van der Waals surface area contributed by atoms with E-state index in [0.29, 0.717) is 11.1 Å². The molecule has 6 nitrogen and oxygen atoms in total. The zero-order chi connectivity index (χ0) is 19.8. The Morgan fingerprint density at radius 3 is 2.79 bits per heavy atom. The molecule has 1 amide bonds. The van der Waals surface area contributed by atoms with Gasteiger partial charge in [0.1, 0.15) is 29.3 Å². The van der Waals surface area contributed by atoms with Crippen molar-refractivity contribution in [3.8, 4) is 0 Å². The minimum atomic E-state index is -0.734. The molecule has 2 aromatic heterocycles. The van der Waals surface area contributed by atoms with Crippen molar-refractivity contribution in [2.45, 2.75) is 13.1 Å². The third kappa shape index (κ3) is 3.13. The molecular formula is C20H15F2N3O3. The highest BCUT2D eigenvalue weighted by molar-refractivity contribution is 6.01. The van der Waals surface area contributed by atoms with Gasteiger partial charge in [-0.25, -0.2) is 13.8 Å². The van der Waals surface area contributed by atoms with E-state index in [4.69, 9.17) is 4.42 Å². The molecule has 0 radical (unpaired) electrons. The van der Waals surface area contributed by atoms with Gasteiger partial charge in [-0.05, 0) is 18.2 Å². The number of likely N-dealkylation sites (N-methyl/N-ethyl adjacent to an activating group) is 1. The van der Waals surface area contributed by atoms with Crippen molar-refractivity contribution in [3.63, 3.8) is 0 Å². The summed E-state index contributed by atoms with van der Waals surface area (Å²) in [7, 11) is 1.48. The summed E-state index contributed by atoms with van der Waals surface area (Å²) in [4.78, 5) is 30.6. The second-order valence-corrected chi connectivity index (χ2v) is 6.44. The second-order valence-electron chi connectivity index (χ2n) is 6.44. The first-order chi connectivity index (χ1) is 13.4. The average Bonchev–Trinajstić information content (AvgIpc) is 3.05. The Morgan fingerprint density at radius 2 is 2.00 bits per heavy atom. The van der Waals surface area contributed by atoms with Crippen molar-refractivity contribution in [1.29, 1.82) is 0 Å². The van der Waals surface area contributed by atoms with Crippen molar-refractivity contribution >= 4 is 28.0 Å². The number of halogens is 2. The molecule has 8 heteroatoms. The van der Waals surface area contributed by atoms with Crippen LogP contribution < -0.4 is 5.56 Å². The number of aromatic nitrogens is 2. The lowest BCUT2D eigenvalue weighted by atomic mass is 10.2. The molecule has 28 heavy (non-hydrogen) atoms. The number of amides is 1. The van der Waals surface area contributed by atoms with E-state index in [2.05, 4.69) is 4.98 Å². The molecule has 0 saturated carbocycles. The summed E-state index contributed by atoms with van der Waals surface area (Å²) >= 11 is 0. The Hall–Kier alpha value is -3.55. The van der Waals surface area contributed by atoms with Crippen LogP contribution in [-0.2, 0) is 17.9 Å². The van der Waals surface area contributed by atoms with Gasteiger partial charge in [-0.2, -0.15) is 0 Å². The van der Waals surface area contributed by atoms with Crippen LogP contribution in [0.25, 0.3) is 22.1 Å².